The van der Waals surface area contributed by atoms with Crippen LogP contribution in [0, 0.1) is 11.3 Å². The van der Waals surface area contributed by atoms with Crippen LogP contribution in [0.25, 0.3) is 0 Å². The van der Waals surface area contributed by atoms with Crippen molar-refractivity contribution in [3.8, 4) is 0 Å². The summed E-state index contributed by atoms with van der Waals surface area (Å²) >= 11 is 0. The van der Waals surface area contributed by atoms with Gasteiger partial charge in [-0.25, -0.2) is 8.42 Å². The Kier molecular flexibility index (Phi) is 7.64. The molecule has 1 amide bonds. The van der Waals surface area contributed by atoms with Gasteiger partial charge < -0.3 is 0 Å². The Hall–Kier alpha value is -0.580. The van der Waals surface area contributed by atoms with Crippen LogP contribution in [0.1, 0.15) is 66.7 Å². The van der Waals surface area contributed by atoms with E-state index in [0.29, 0.717) is 12.8 Å². The molecule has 0 saturated heterocycles. The topological polar surface area (TPSA) is 63.2 Å². The van der Waals surface area contributed by atoms with Crippen LogP contribution in [0.15, 0.2) is 0 Å². The highest BCUT2D eigenvalue weighted by molar-refractivity contribution is 7.90. The molecule has 1 atom stereocenters. The summed E-state index contributed by atoms with van der Waals surface area (Å²) in [6.45, 7) is 9.94. The molecule has 0 rings (SSSR count). The van der Waals surface area contributed by atoms with Crippen molar-refractivity contribution in [1.82, 2.24) is 4.72 Å². The molecule has 0 bridgehead atoms. The second kappa shape index (κ2) is 7.88. The van der Waals surface area contributed by atoms with Gasteiger partial charge in [0.15, 0.2) is 0 Å². The lowest BCUT2D eigenvalue weighted by Gasteiger charge is -2.19. The summed E-state index contributed by atoms with van der Waals surface area (Å²) in [5.41, 5.74) is -0.0514. The van der Waals surface area contributed by atoms with E-state index in [-0.39, 0.29) is 23.0 Å². The van der Waals surface area contributed by atoms with Gasteiger partial charge in [0.1, 0.15) is 0 Å². The minimum absolute atomic E-state index is 0.00640. The second-order valence-electron chi connectivity index (χ2n) is 6.34. The zero-order valence-corrected chi connectivity index (χ0v) is 13.8. The summed E-state index contributed by atoms with van der Waals surface area (Å²) in [5.74, 6) is -0.527. The Morgan fingerprint density at radius 2 is 1.79 bits per heavy atom. The molecule has 0 spiro atoms. The van der Waals surface area contributed by atoms with E-state index < -0.39 is 10.0 Å². The Morgan fingerprint density at radius 1 is 1.21 bits per heavy atom. The Bertz CT molecular complexity index is 369. The number of carbonyl (C=O) groups is 1. The van der Waals surface area contributed by atoms with E-state index in [1.807, 2.05) is 27.7 Å². The van der Waals surface area contributed by atoms with Gasteiger partial charge in [0.2, 0.25) is 15.9 Å². The highest BCUT2D eigenvalue weighted by atomic mass is 32.2. The third-order valence-electron chi connectivity index (χ3n) is 3.15. The normalized spacial score (nSPS) is 14.2. The van der Waals surface area contributed by atoms with E-state index in [9.17, 15) is 13.2 Å². The number of sulfonamides is 1. The van der Waals surface area contributed by atoms with E-state index in [1.165, 1.54) is 0 Å². The number of hydrogen-bond donors (Lipinski definition) is 1. The fourth-order valence-corrected chi connectivity index (χ4v) is 3.16. The molecular weight excluding hydrogens is 262 g/mol. The van der Waals surface area contributed by atoms with Crippen LogP contribution in [0.4, 0.5) is 0 Å². The van der Waals surface area contributed by atoms with E-state index >= 15 is 0 Å². The van der Waals surface area contributed by atoms with Crippen LogP contribution in [0.5, 0.6) is 0 Å². The summed E-state index contributed by atoms with van der Waals surface area (Å²) < 4.78 is 25.9. The number of unbranched alkanes of at least 4 members (excludes halogenated alkanes) is 1. The quantitative estimate of drug-likeness (QED) is 0.747. The number of hydrogen-bond acceptors (Lipinski definition) is 3. The van der Waals surface area contributed by atoms with Crippen LogP contribution in [0.2, 0.25) is 0 Å². The van der Waals surface area contributed by atoms with Crippen LogP contribution < -0.4 is 4.72 Å². The van der Waals surface area contributed by atoms with Crippen molar-refractivity contribution >= 4 is 15.9 Å². The summed E-state index contributed by atoms with van der Waals surface area (Å²) in [5, 5.41) is 0. The summed E-state index contributed by atoms with van der Waals surface area (Å²) in [6, 6.07) is 0. The number of rotatable bonds is 8. The highest BCUT2D eigenvalue weighted by Crippen LogP contribution is 2.19. The largest absolute Gasteiger partial charge is 0.274 e. The van der Waals surface area contributed by atoms with Gasteiger partial charge in [-0.1, -0.05) is 47.5 Å². The first-order valence-electron chi connectivity index (χ1n) is 7.15. The van der Waals surface area contributed by atoms with Crippen molar-refractivity contribution in [1.29, 1.82) is 0 Å². The Morgan fingerprint density at radius 3 is 2.21 bits per heavy atom. The van der Waals surface area contributed by atoms with Crippen molar-refractivity contribution in [2.75, 3.05) is 5.75 Å². The van der Waals surface area contributed by atoms with Gasteiger partial charge in [-0.3, -0.25) is 9.52 Å². The molecule has 5 heteroatoms. The molecule has 0 fully saturated rings. The van der Waals surface area contributed by atoms with Crippen molar-refractivity contribution in [2.45, 2.75) is 66.7 Å². The molecule has 0 aromatic carbocycles. The average molecular weight is 291 g/mol. The Labute approximate surface area is 118 Å². The number of amides is 1. The lowest BCUT2D eigenvalue weighted by atomic mass is 9.94. The summed E-state index contributed by atoms with van der Waals surface area (Å²) in [4.78, 5) is 11.9. The average Bonchev–Trinajstić information content (AvgIpc) is 2.26. The first-order chi connectivity index (χ1) is 8.61. The zero-order valence-electron chi connectivity index (χ0n) is 13.0. The third kappa shape index (κ3) is 9.03. The van der Waals surface area contributed by atoms with E-state index in [0.717, 1.165) is 19.3 Å². The first-order valence-corrected chi connectivity index (χ1v) is 8.81. The molecule has 0 aliphatic heterocycles. The standard InChI is InChI=1S/C14H29NO3S/c1-6-8-9-12(7-2)13(16)15-19(17,18)11-10-14(3,4)5/h12H,6-11H2,1-5H3,(H,15,16). The van der Waals surface area contributed by atoms with Crippen molar-refractivity contribution in [3.63, 3.8) is 0 Å². The first kappa shape index (κ1) is 18.4. The van der Waals surface area contributed by atoms with Gasteiger partial charge in [0.25, 0.3) is 0 Å². The molecule has 0 aromatic rings. The molecule has 1 N–H and O–H groups in total. The zero-order chi connectivity index (χ0) is 15.1. The number of carbonyl (C=O) groups excluding carboxylic acids is 1. The molecule has 0 heterocycles. The molecule has 4 nitrogen and oxygen atoms in total. The van der Waals surface area contributed by atoms with Crippen molar-refractivity contribution in [2.24, 2.45) is 11.3 Å². The van der Waals surface area contributed by atoms with E-state index in [1.54, 1.807) is 0 Å². The SMILES string of the molecule is CCCCC(CC)C(=O)NS(=O)(=O)CCC(C)(C)C. The van der Waals surface area contributed by atoms with Crippen LogP contribution in [0.3, 0.4) is 0 Å². The van der Waals surface area contributed by atoms with Crippen molar-refractivity contribution in [3.05, 3.63) is 0 Å². The predicted octanol–water partition coefficient (Wildman–Crippen LogP) is 3.09. The van der Waals surface area contributed by atoms with Gasteiger partial charge in [0, 0.05) is 5.92 Å². The third-order valence-corrected chi connectivity index (χ3v) is 4.40. The molecular formula is C14H29NO3S. The van der Waals surface area contributed by atoms with Crippen LogP contribution in [-0.2, 0) is 14.8 Å². The molecule has 0 saturated carbocycles. The lowest BCUT2D eigenvalue weighted by Crippen LogP contribution is -2.37. The van der Waals surface area contributed by atoms with Gasteiger partial charge in [0.05, 0.1) is 5.75 Å². The van der Waals surface area contributed by atoms with Crippen molar-refractivity contribution < 1.29 is 13.2 Å². The maximum atomic E-state index is 11.9. The minimum Gasteiger partial charge on any atom is -0.274 e. The van der Waals surface area contributed by atoms with Crippen LogP contribution in [-0.4, -0.2) is 20.1 Å². The van der Waals surface area contributed by atoms with Gasteiger partial charge in [-0.15, -0.1) is 0 Å². The molecule has 114 valence electrons. The fraction of sp³-hybridized carbons (Fsp3) is 0.929. The number of nitrogens with one attached hydrogen (secondary N) is 1. The Balaban J connectivity index is 4.43. The molecule has 0 aliphatic carbocycles. The molecule has 0 aliphatic rings. The molecule has 0 aromatic heterocycles. The predicted molar refractivity (Wildman–Crippen MR) is 79.3 cm³/mol. The smallest absolute Gasteiger partial charge is 0.236 e. The van der Waals surface area contributed by atoms with Gasteiger partial charge in [-0.05, 0) is 24.7 Å². The summed E-state index contributed by atoms with van der Waals surface area (Å²) in [6.07, 6.45) is 3.95. The van der Waals surface area contributed by atoms with E-state index in [4.69, 9.17) is 0 Å². The summed E-state index contributed by atoms with van der Waals surface area (Å²) in [7, 11) is -3.49. The fourth-order valence-electron chi connectivity index (χ4n) is 1.70. The van der Waals surface area contributed by atoms with Gasteiger partial charge >= 0.3 is 0 Å². The van der Waals surface area contributed by atoms with Gasteiger partial charge in [-0.2, -0.15) is 0 Å². The molecule has 19 heavy (non-hydrogen) atoms. The maximum absolute atomic E-state index is 11.9. The maximum Gasteiger partial charge on any atom is 0.236 e. The van der Waals surface area contributed by atoms with Crippen LogP contribution >= 0.6 is 0 Å². The monoisotopic (exact) mass is 291 g/mol. The molecule has 1 unspecified atom stereocenters. The second-order valence-corrected chi connectivity index (χ2v) is 8.19. The minimum atomic E-state index is -3.49. The molecule has 0 radical (unpaired) electrons. The lowest BCUT2D eigenvalue weighted by molar-refractivity contribution is -0.123. The highest BCUT2D eigenvalue weighted by Gasteiger charge is 2.23. The van der Waals surface area contributed by atoms with E-state index in [2.05, 4.69) is 11.6 Å².